The van der Waals surface area contributed by atoms with Crippen molar-refractivity contribution in [2.75, 3.05) is 18.0 Å². The number of rotatable bonds is 10. The van der Waals surface area contributed by atoms with E-state index in [9.17, 15) is 29.7 Å². The number of carboxylic acids is 2. The Morgan fingerprint density at radius 3 is 2.14 bits per heavy atom. The number of nitrogens with zero attached hydrogens (tertiary/aromatic N) is 2. The lowest BCUT2D eigenvalue weighted by atomic mass is 9.71. The predicted molar refractivity (Wildman–Crippen MR) is 168 cm³/mol. The SMILES string of the molecule is CCCCN1/C(=C/C2C(=O)/C(=C/C3=[N+](CCCC)c4ccc(C(=O)O)cc4C3(C)C)C2[O-])C(C)(C)c2cc(C(=O)O)ccc21. The second-order valence-corrected chi connectivity index (χ2v) is 13.2. The molecule has 2 unspecified atom stereocenters. The van der Waals surface area contributed by atoms with Gasteiger partial charge in [0.2, 0.25) is 5.69 Å². The molecule has 2 N–H and O–H groups in total. The minimum absolute atomic E-state index is 0.202. The van der Waals surface area contributed by atoms with E-state index < -0.39 is 34.8 Å². The molecule has 5 rings (SSSR count). The van der Waals surface area contributed by atoms with Gasteiger partial charge in [0.15, 0.2) is 11.5 Å². The van der Waals surface area contributed by atoms with Crippen LogP contribution in [-0.4, -0.2) is 57.4 Å². The molecular weight excluding hydrogens is 556 g/mol. The summed E-state index contributed by atoms with van der Waals surface area (Å²) in [7, 11) is 0. The molecule has 232 valence electrons. The summed E-state index contributed by atoms with van der Waals surface area (Å²) in [5, 5.41) is 33.0. The van der Waals surface area contributed by atoms with E-state index in [0.29, 0.717) is 13.1 Å². The molecule has 2 heterocycles. The van der Waals surface area contributed by atoms with Crippen LogP contribution in [0.25, 0.3) is 0 Å². The summed E-state index contributed by atoms with van der Waals surface area (Å²) in [4.78, 5) is 39.3. The first-order valence-electron chi connectivity index (χ1n) is 15.6. The van der Waals surface area contributed by atoms with Crippen molar-refractivity contribution in [3.8, 4) is 0 Å². The molecular formula is C36H42N2O6. The number of hydrogen-bond donors (Lipinski definition) is 2. The quantitative estimate of drug-likeness (QED) is 0.270. The highest BCUT2D eigenvalue weighted by Crippen LogP contribution is 2.50. The topological polar surface area (TPSA) is 121 Å². The van der Waals surface area contributed by atoms with Gasteiger partial charge in [0.1, 0.15) is 6.54 Å². The molecule has 2 aromatic rings. The van der Waals surface area contributed by atoms with Crippen molar-refractivity contribution in [3.63, 3.8) is 0 Å². The van der Waals surface area contributed by atoms with Gasteiger partial charge < -0.3 is 20.2 Å². The number of anilines is 1. The van der Waals surface area contributed by atoms with Gasteiger partial charge in [-0.3, -0.25) is 4.79 Å². The van der Waals surface area contributed by atoms with E-state index in [0.717, 1.165) is 59.6 Å². The average Bonchev–Trinajstić information content (AvgIpc) is 3.33. The van der Waals surface area contributed by atoms with Crippen LogP contribution in [0.4, 0.5) is 11.4 Å². The molecule has 1 aliphatic carbocycles. The largest absolute Gasteiger partial charge is 0.848 e. The first-order valence-corrected chi connectivity index (χ1v) is 15.6. The van der Waals surface area contributed by atoms with E-state index in [4.69, 9.17) is 0 Å². The lowest BCUT2D eigenvalue weighted by Crippen LogP contribution is -2.53. The third kappa shape index (κ3) is 4.99. The lowest BCUT2D eigenvalue weighted by molar-refractivity contribution is -0.438. The molecule has 2 atom stereocenters. The number of allylic oxidation sites excluding steroid dienone is 2. The molecule has 0 aromatic heterocycles. The van der Waals surface area contributed by atoms with Crippen molar-refractivity contribution >= 4 is 34.8 Å². The molecule has 1 saturated carbocycles. The fraction of sp³-hybridized carbons (Fsp3) is 0.444. The third-order valence-corrected chi connectivity index (χ3v) is 9.60. The Kier molecular flexibility index (Phi) is 8.18. The second kappa shape index (κ2) is 11.5. The number of ketones is 1. The minimum atomic E-state index is -1.24. The molecule has 2 aromatic carbocycles. The zero-order chi connectivity index (χ0) is 32.1. The highest BCUT2D eigenvalue weighted by molar-refractivity contribution is 6.14. The molecule has 8 heteroatoms. The minimum Gasteiger partial charge on any atom is -0.848 e. The Morgan fingerprint density at radius 2 is 1.55 bits per heavy atom. The number of Topliss-reactive ketones (excluding diaryl/α,β-unsaturated/α-hetero) is 1. The Morgan fingerprint density at radius 1 is 0.932 bits per heavy atom. The Bertz CT molecular complexity index is 1640. The van der Waals surface area contributed by atoms with Crippen molar-refractivity contribution in [1.29, 1.82) is 0 Å². The van der Waals surface area contributed by atoms with E-state index in [1.807, 2.05) is 45.9 Å². The number of carboxylic acid groups (broad SMARTS) is 2. The van der Waals surface area contributed by atoms with Crippen LogP contribution in [0.3, 0.4) is 0 Å². The molecule has 1 fully saturated rings. The second-order valence-electron chi connectivity index (χ2n) is 13.2. The molecule has 2 aliphatic heterocycles. The van der Waals surface area contributed by atoms with Crippen LogP contribution < -0.4 is 10.0 Å². The maximum absolute atomic E-state index is 13.8. The molecule has 0 radical (unpaired) electrons. The maximum Gasteiger partial charge on any atom is 0.335 e. The summed E-state index contributed by atoms with van der Waals surface area (Å²) in [5.74, 6) is -3.02. The number of fused-ring (bicyclic) bond motifs is 2. The van der Waals surface area contributed by atoms with E-state index in [1.54, 1.807) is 30.3 Å². The molecule has 0 amide bonds. The van der Waals surface area contributed by atoms with Crippen LogP contribution in [0.5, 0.6) is 0 Å². The number of carbonyl (C=O) groups is 3. The number of hydrogen-bond acceptors (Lipinski definition) is 5. The summed E-state index contributed by atoms with van der Waals surface area (Å²) < 4.78 is 2.13. The van der Waals surface area contributed by atoms with Crippen LogP contribution in [0.15, 0.2) is 59.8 Å². The lowest BCUT2D eigenvalue weighted by Gasteiger charge is -2.43. The Balaban J connectivity index is 1.52. The fourth-order valence-corrected chi connectivity index (χ4v) is 6.89. The molecule has 3 aliphatic rings. The molecule has 44 heavy (non-hydrogen) atoms. The highest BCUT2D eigenvalue weighted by atomic mass is 16.4. The van der Waals surface area contributed by atoms with Crippen molar-refractivity contribution in [2.24, 2.45) is 5.92 Å². The summed E-state index contributed by atoms with van der Waals surface area (Å²) in [6.45, 7) is 13.6. The zero-order valence-electron chi connectivity index (χ0n) is 26.4. The van der Waals surface area contributed by atoms with Gasteiger partial charge >= 0.3 is 11.9 Å². The van der Waals surface area contributed by atoms with E-state index in [1.165, 1.54) is 0 Å². The number of carbonyl (C=O) groups excluding carboxylic acids is 1. The Labute approximate surface area is 259 Å². The fourth-order valence-electron chi connectivity index (χ4n) is 6.89. The number of unbranched alkanes of at least 4 members (excludes halogenated alkanes) is 2. The van der Waals surface area contributed by atoms with Crippen molar-refractivity contribution in [1.82, 2.24) is 0 Å². The highest BCUT2D eigenvalue weighted by Gasteiger charge is 2.48. The van der Waals surface area contributed by atoms with Crippen LogP contribution in [0, 0.1) is 5.92 Å². The van der Waals surface area contributed by atoms with Crippen LogP contribution in [-0.2, 0) is 15.6 Å². The molecule has 0 spiro atoms. The van der Waals surface area contributed by atoms with Gasteiger partial charge in [-0.05, 0) is 61.7 Å². The van der Waals surface area contributed by atoms with Gasteiger partial charge in [0, 0.05) is 53.4 Å². The third-order valence-electron chi connectivity index (χ3n) is 9.60. The normalized spacial score (nSPS) is 23.2. The number of aromatic carboxylic acids is 2. The van der Waals surface area contributed by atoms with Crippen molar-refractivity contribution < 1.29 is 34.3 Å². The molecule has 8 nitrogen and oxygen atoms in total. The summed E-state index contributed by atoms with van der Waals surface area (Å²) in [6.07, 6.45) is 6.07. The van der Waals surface area contributed by atoms with Gasteiger partial charge in [-0.2, -0.15) is 4.58 Å². The van der Waals surface area contributed by atoms with Gasteiger partial charge in [-0.1, -0.05) is 52.7 Å². The smallest absolute Gasteiger partial charge is 0.335 e. The first-order chi connectivity index (χ1) is 20.7. The summed E-state index contributed by atoms with van der Waals surface area (Å²) in [6, 6.07) is 10.3. The van der Waals surface area contributed by atoms with Crippen LogP contribution in [0.2, 0.25) is 0 Å². The van der Waals surface area contributed by atoms with Crippen LogP contribution >= 0.6 is 0 Å². The average molecular weight is 599 g/mol. The zero-order valence-corrected chi connectivity index (χ0v) is 26.4. The van der Waals surface area contributed by atoms with E-state index in [-0.39, 0.29) is 22.5 Å². The van der Waals surface area contributed by atoms with Crippen LogP contribution in [0.1, 0.15) is 99.1 Å². The maximum atomic E-state index is 13.8. The standard InChI is InChI=1S/C36H42N2O6/c1-7-9-15-37-27-13-11-21(33(41)42)17-25(27)35(3,4)29(37)19-23-31(39)24(32(23)40)20-30-36(5,6)26-18-22(34(43)44)12-14-28(26)38(30)16-10-8-2/h11-14,17-20,23,31H,7-10,15-16H2,1-6H3,(H,41,42)(H,43,44)/b24-20+,29-19+. The van der Waals surface area contributed by atoms with E-state index >= 15 is 0 Å². The molecule has 0 bridgehead atoms. The summed E-state index contributed by atoms with van der Waals surface area (Å²) >= 11 is 0. The van der Waals surface area contributed by atoms with Crippen molar-refractivity contribution in [3.05, 3.63) is 82.1 Å². The van der Waals surface area contributed by atoms with Gasteiger partial charge in [0.25, 0.3) is 0 Å². The van der Waals surface area contributed by atoms with Gasteiger partial charge in [0.05, 0.1) is 16.5 Å². The predicted octanol–water partition coefficient (Wildman–Crippen LogP) is 5.60. The monoisotopic (exact) mass is 598 g/mol. The number of benzene rings is 2. The van der Waals surface area contributed by atoms with Gasteiger partial charge in [-0.15, -0.1) is 0 Å². The Hall–Kier alpha value is -4.04. The van der Waals surface area contributed by atoms with Gasteiger partial charge in [-0.25, -0.2) is 9.59 Å². The molecule has 0 saturated heterocycles. The summed E-state index contributed by atoms with van der Waals surface area (Å²) in [5.41, 5.74) is 4.72. The van der Waals surface area contributed by atoms with Crippen molar-refractivity contribution in [2.45, 2.75) is 84.2 Å². The first kappa shape index (κ1) is 31.4. The van der Waals surface area contributed by atoms with E-state index in [2.05, 4.69) is 23.3 Å².